The van der Waals surface area contributed by atoms with Gasteiger partial charge in [-0.2, -0.15) is 0 Å². The number of fused-ring (bicyclic) bond motifs is 1. The Labute approximate surface area is 154 Å². The number of pyridine rings is 1. The predicted molar refractivity (Wildman–Crippen MR) is 99.2 cm³/mol. The molecule has 5 nitrogen and oxygen atoms in total. The highest BCUT2D eigenvalue weighted by Gasteiger charge is 2.57. The van der Waals surface area contributed by atoms with Crippen molar-refractivity contribution in [2.24, 2.45) is 11.3 Å². The second-order valence-corrected chi connectivity index (χ2v) is 7.53. The Hall–Kier alpha value is -2.24. The number of rotatable bonds is 5. The lowest BCUT2D eigenvalue weighted by Gasteiger charge is -2.27. The Balaban J connectivity index is 1.48. The van der Waals surface area contributed by atoms with E-state index < -0.39 is 5.41 Å². The first-order chi connectivity index (χ1) is 12.7. The van der Waals surface area contributed by atoms with Gasteiger partial charge in [0.2, 0.25) is 0 Å². The molecule has 0 radical (unpaired) electrons. The molecule has 0 amide bonds. The van der Waals surface area contributed by atoms with Crippen molar-refractivity contribution in [1.82, 2.24) is 14.8 Å². The van der Waals surface area contributed by atoms with Gasteiger partial charge in [-0.1, -0.05) is 36.4 Å². The van der Waals surface area contributed by atoms with E-state index in [0.717, 1.165) is 39.3 Å². The van der Waals surface area contributed by atoms with Crippen molar-refractivity contribution in [2.75, 3.05) is 33.3 Å². The SMILES string of the molecule is COC(=O)[C@]12CN(Cc3ccccc3)C[C@H]1CN(Cc1cccnc1)C2. The standard InChI is InChI=1S/C21H25N3O2/c1-26-20(25)21-15-23(11-17-6-3-2-4-7-17)13-19(21)14-24(16-21)12-18-8-5-9-22-10-18/h2-10,19H,11-16H2,1H3/t19-,21-/m0/s1. The summed E-state index contributed by atoms with van der Waals surface area (Å²) in [5.74, 6) is 0.252. The van der Waals surface area contributed by atoms with E-state index in [1.807, 2.05) is 18.3 Å². The molecule has 3 heterocycles. The van der Waals surface area contributed by atoms with Crippen LogP contribution < -0.4 is 0 Å². The molecular weight excluding hydrogens is 326 g/mol. The summed E-state index contributed by atoms with van der Waals surface area (Å²) in [5.41, 5.74) is 2.07. The van der Waals surface area contributed by atoms with Crippen molar-refractivity contribution < 1.29 is 9.53 Å². The van der Waals surface area contributed by atoms with Crippen molar-refractivity contribution in [1.29, 1.82) is 0 Å². The molecule has 2 atom stereocenters. The summed E-state index contributed by atoms with van der Waals surface area (Å²) >= 11 is 0. The lowest BCUT2D eigenvalue weighted by molar-refractivity contribution is -0.152. The fourth-order valence-electron chi connectivity index (χ4n) is 4.60. The summed E-state index contributed by atoms with van der Waals surface area (Å²) in [4.78, 5) is 21.7. The highest BCUT2D eigenvalue weighted by atomic mass is 16.5. The summed E-state index contributed by atoms with van der Waals surface area (Å²) in [6.07, 6.45) is 3.69. The topological polar surface area (TPSA) is 45.7 Å². The zero-order valence-electron chi connectivity index (χ0n) is 15.2. The van der Waals surface area contributed by atoms with Crippen LogP contribution in [-0.2, 0) is 22.6 Å². The minimum atomic E-state index is -0.411. The fourth-order valence-corrected chi connectivity index (χ4v) is 4.60. The summed E-state index contributed by atoms with van der Waals surface area (Å²) in [6.45, 7) is 5.11. The summed E-state index contributed by atoms with van der Waals surface area (Å²) in [7, 11) is 1.51. The normalized spacial score (nSPS) is 26.0. The van der Waals surface area contributed by atoms with Crippen LogP contribution in [0.25, 0.3) is 0 Å². The van der Waals surface area contributed by atoms with Crippen LogP contribution in [0, 0.1) is 11.3 Å². The molecule has 26 heavy (non-hydrogen) atoms. The van der Waals surface area contributed by atoms with Crippen molar-refractivity contribution in [3.8, 4) is 0 Å². The molecule has 0 saturated carbocycles. The van der Waals surface area contributed by atoms with Gasteiger partial charge in [0.05, 0.1) is 12.5 Å². The molecule has 1 aromatic carbocycles. The van der Waals surface area contributed by atoms with E-state index in [-0.39, 0.29) is 5.97 Å². The number of hydrogen-bond acceptors (Lipinski definition) is 5. The molecule has 0 aliphatic carbocycles. The minimum absolute atomic E-state index is 0.0632. The van der Waals surface area contributed by atoms with Crippen LogP contribution >= 0.6 is 0 Å². The predicted octanol–water partition coefficient (Wildman–Crippen LogP) is 2.19. The number of hydrogen-bond donors (Lipinski definition) is 0. The maximum atomic E-state index is 12.7. The van der Waals surface area contributed by atoms with E-state index in [0.29, 0.717) is 5.92 Å². The average molecular weight is 351 g/mol. The molecule has 2 saturated heterocycles. The molecule has 0 N–H and O–H groups in total. The maximum Gasteiger partial charge on any atom is 0.314 e. The molecule has 2 fully saturated rings. The van der Waals surface area contributed by atoms with E-state index in [1.54, 1.807) is 6.20 Å². The van der Waals surface area contributed by atoms with Crippen LogP contribution in [0.1, 0.15) is 11.1 Å². The number of carbonyl (C=O) groups is 1. The maximum absolute atomic E-state index is 12.7. The molecule has 4 rings (SSSR count). The van der Waals surface area contributed by atoms with Crippen LogP contribution in [0.3, 0.4) is 0 Å². The van der Waals surface area contributed by atoms with Crippen molar-refractivity contribution in [2.45, 2.75) is 13.1 Å². The van der Waals surface area contributed by atoms with Crippen molar-refractivity contribution >= 4 is 5.97 Å². The molecule has 2 aromatic rings. The van der Waals surface area contributed by atoms with Crippen molar-refractivity contribution in [3.05, 3.63) is 66.0 Å². The van der Waals surface area contributed by atoms with Gasteiger partial charge in [-0.25, -0.2) is 0 Å². The first-order valence-corrected chi connectivity index (χ1v) is 9.15. The van der Waals surface area contributed by atoms with Gasteiger partial charge >= 0.3 is 5.97 Å². The number of carbonyl (C=O) groups excluding carboxylic acids is 1. The third-order valence-electron chi connectivity index (χ3n) is 5.72. The molecule has 2 aliphatic heterocycles. The van der Waals surface area contributed by atoms with Gasteiger partial charge in [-0.3, -0.25) is 19.6 Å². The van der Waals surface area contributed by atoms with Crippen LogP contribution in [0.5, 0.6) is 0 Å². The third kappa shape index (κ3) is 3.24. The van der Waals surface area contributed by atoms with Crippen LogP contribution in [0.4, 0.5) is 0 Å². The van der Waals surface area contributed by atoms with E-state index in [2.05, 4.69) is 45.1 Å². The van der Waals surface area contributed by atoms with E-state index in [9.17, 15) is 4.79 Å². The molecule has 5 heteroatoms. The average Bonchev–Trinajstić information content (AvgIpc) is 3.16. The monoisotopic (exact) mass is 351 g/mol. The Kier molecular flexibility index (Phi) is 4.74. The van der Waals surface area contributed by atoms with Gasteiger partial charge in [0.25, 0.3) is 0 Å². The summed E-state index contributed by atoms with van der Waals surface area (Å²) in [6, 6.07) is 14.5. The van der Waals surface area contributed by atoms with Crippen LogP contribution in [0.15, 0.2) is 54.9 Å². The van der Waals surface area contributed by atoms with E-state index in [1.165, 1.54) is 18.2 Å². The molecule has 136 valence electrons. The Morgan fingerprint density at radius 1 is 1.08 bits per heavy atom. The zero-order valence-corrected chi connectivity index (χ0v) is 15.2. The molecule has 0 bridgehead atoms. The first kappa shape index (κ1) is 17.2. The molecular formula is C21H25N3O2. The van der Waals surface area contributed by atoms with Crippen LogP contribution in [0.2, 0.25) is 0 Å². The van der Waals surface area contributed by atoms with Gasteiger partial charge in [0.1, 0.15) is 0 Å². The highest BCUT2D eigenvalue weighted by Crippen LogP contribution is 2.44. The summed E-state index contributed by atoms with van der Waals surface area (Å²) < 4.78 is 5.23. The molecule has 2 aliphatic rings. The first-order valence-electron chi connectivity index (χ1n) is 9.15. The Morgan fingerprint density at radius 2 is 1.73 bits per heavy atom. The Bertz CT molecular complexity index is 697. The largest absolute Gasteiger partial charge is 0.469 e. The van der Waals surface area contributed by atoms with Gasteiger partial charge in [0, 0.05) is 57.6 Å². The zero-order chi connectivity index (χ0) is 18.0. The number of aromatic nitrogens is 1. The second-order valence-electron chi connectivity index (χ2n) is 7.53. The molecule has 1 aromatic heterocycles. The van der Waals surface area contributed by atoms with Crippen molar-refractivity contribution in [3.63, 3.8) is 0 Å². The van der Waals surface area contributed by atoms with Gasteiger partial charge in [0.15, 0.2) is 0 Å². The number of ether oxygens (including phenoxy) is 1. The van der Waals surface area contributed by atoms with Gasteiger partial charge in [-0.15, -0.1) is 0 Å². The Morgan fingerprint density at radius 3 is 2.35 bits per heavy atom. The summed E-state index contributed by atoms with van der Waals surface area (Å²) in [5, 5.41) is 0. The van der Waals surface area contributed by atoms with E-state index in [4.69, 9.17) is 4.74 Å². The fraction of sp³-hybridized carbons (Fsp3) is 0.429. The number of esters is 1. The van der Waals surface area contributed by atoms with Gasteiger partial charge in [-0.05, 0) is 17.2 Å². The smallest absolute Gasteiger partial charge is 0.314 e. The lowest BCUT2D eigenvalue weighted by Crippen LogP contribution is -2.41. The third-order valence-corrected chi connectivity index (χ3v) is 5.72. The molecule has 0 unspecified atom stereocenters. The number of methoxy groups -OCH3 is 1. The lowest BCUT2D eigenvalue weighted by atomic mass is 9.81. The second kappa shape index (κ2) is 7.17. The van der Waals surface area contributed by atoms with Gasteiger partial charge < -0.3 is 4.74 Å². The number of nitrogens with zero attached hydrogens (tertiary/aromatic N) is 3. The number of benzene rings is 1. The van der Waals surface area contributed by atoms with Crippen LogP contribution in [-0.4, -0.2) is 54.0 Å². The number of likely N-dealkylation sites (tertiary alicyclic amines) is 2. The quantitative estimate of drug-likeness (QED) is 0.773. The minimum Gasteiger partial charge on any atom is -0.469 e. The molecule has 0 spiro atoms. The highest BCUT2D eigenvalue weighted by molar-refractivity contribution is 5.79. The van der Waals surface area contributed by atoms with E-state index >= 15 is 0 Å².